The molecule has 0 bridgehead atoms. The Bertz CT molecular complexity index is 917. The molecule has 6 heteroatoms. The largest absolute Gasteiger partial charge is 0.454 e. The van der Waals surface area contributed by atoms with Gasteiger partial charge in [-0.3, -0.25) is 9.59 Å². The summed E-state index contributed by atoms with van der Waals surface area (Å²) in [6, 6.07) is 13.2. The number of carbonyl (C=O) groups is 2. The Balaban J connectivity index is 1.33. The van der Waals surface area contributed by atoms with Crippen molar-refractivity contribution < 1.29 is 19.1 Å². The number of rotatable bonds is 6. The Hall–Kier alpha value is -3.28. The van der Waals surface area contributed by atoms with Gasteiger partial charge in [0.2, 0.25) is 12.7 Å². The van der Waals surface area contributed by atoms with Crippen LogP contribution in [0.5, 0.6) is 11.5 Å². The van der Waals surface area contributed by atoms with E-state index in [1.807, 2.05) is 30.3 Å². The molecule has 6 nitrogen and oxygen atoms in total. The van der Waals surface area contributed by atoms with Crippen molar-refractivity contribution in [2.24, 2.45) is 0 Å². The molecule has 0 unspecified atom stereocenters. The Labute approximate surface area is 163 Å². The molecule has 0 radical (unpaired) electrons. The van der Waals surface area contributed by atoms with Gasteiger partial charge in [-0.25, -0.2) is 0 Å². The van der Waals surface area contributed by atoms with Gasteiger partial charge < -0.3 is 19.7 Å². The standard InChI is InChI=1S/C22H22N2O4/c1-24(13-16-4-10-19-20(12-16)28-14-27-19)21(25)11-5-15-2-6-17(7-3-15)22(26)23-18-8-9-18/h2-7,10-12,18H,8-9,13-14H2,1H3,(H,23,26)/b11-5+. The van der Waals surface area contributed by atoms with Gasteiger partial charge in [0.1, 0.15) is 0 Å². The van der Waals surface area contributed by atoms with Gasteiger partial charge in [0, 0.05) is 31.3 Å². The van der Waals surface area contributed by atoms with Crippen LogP contribution in [0.3, 0.4) is 0 Å². The lowest BCUT2D eigenvalue weighted by Crippen LogP contribution is -2.25. The Morgan fingerprint density at radius 2 is 1.86 bits per heavy atom. The molecule has 0 spiro atoms. The van der Waals surface area contributed by atoms with Gasteiger partial charge in [-0.2, -0.15) is 0 Å². The minimum Gasteiger partial charge on any atom is -0.454 e. The van der Waals surface area contributed by atoms with Crippen molar-refractivity contribution in [3.8, 4) is 11.5 Å². The minimum atomic E-state index is -0.104. The molecule has 1 N–H and O–H groups in total. The maximum absolute atomic E-state index is 12.4. The van der Waals surface area contributed by atoms with Crippen LogP contribution in [0.4, 0.5) is 0 Å². The molecule has 144 valence electrons. The van der Waals surface area contributed by atoms with Gasteiger partial charge in [-0.15, -0.1) is 0 Å². The maximum atomic E-state index is 12.4. The van der Waals surface area contributed by atoms with E-state index in [0.29, 0.717) is 23.9 Å². The second kappa shape index (κ2) is 7.76. The van der Waals surface area contributed by atoms with Crippen LogP contribution in [-0.2, 0) is 11.3 Å². The Morgan fingerprint density at radius 3 is 2.61 bits per heavy atom. The lowest BCUT2D eigenvalue weighted by Gasteiger charge is -2.15. The van der Waals surface area contributed by atoms with Gasteiger partial charge in [0.15, 0.2) is 11.5 Å². The third kappa shape index (κ3) is 4.34. The van der Waals surface area contributed by atoms with E-state index in [1.165, 1.54) is 6.08 Å². The lowest BCUT2D eigenvalue weighted by molar-refractivity contribution is -0.125. The summed E-state index contributed by atoms with van der Waals surface area (Å²) in [7, 11) is 1.75. The first-order chi connectivity index (χ1) is 13.6. The molecule has 1 aliphatic heterocycles. The fraction of sp³-hybridized carbons (Fsp3) is 0.273. The average molecular weight is 378 g/mol. The van der Waals surface area contributed by atoms with E-state index in [2.05, 4.69) is 5.32 Å². The van der Waals surface area contributed by atoms with Gasteiger partial charge in [0.05, 0.1) is 0 Å². The number of likely N-dealkylation sites (N-methyl/N-ethyl adjacent to an activating group) is 1. The molecular weight excluding hydrogens is 356 g/mol. The molecule has 1 aliphatic carbocycles. The monoisotopic (exact) mass is 378 g/mol. The van der Waals surface area contributed by atoms with Crippen molar-refractivity contribution in [3.05, 3.63) is 65.2 Å². The van der Waals surface area contributed by atoms with Crippen molar-refractivity contribution in [1.82, 2.24) is 10.2 Å². The zero-order chi connectivity index (χ0) is 19.5. The summed E-state index contributed by atoms with van der Waals surface area (Å²) in [5, 5.41) is 2.96. The number of hydrogen-bond donors (Lipinski definition) is 1. The number of nitrogens with zero attached hydrogens (tertiary/aromatic N) is 1. The fourth-order valence-electron chi connectivity index (χ4n) is 2.93. The first kappa shape index (κ1) is 18.1. The topological polar surface area (TPSA) is 67.9 Å². The molecule has 1 heterocycles. The quantitative estimate of drug-likeness (QED) is 0.785. The van der Waals surface area contributed by atoms with Gasteiger partial charge in [-0.1, -0.05) is 18.2 Å². The van der Waals surface area contributed by atoms with Gasteiger partial charge in [-0.05, 0) is 54.3 Å². The molecule has 0 saturated heterocycles. The number of carbonyl (C=O) groups excluding carboxylic acids is 2. The molecule has 4 rings (SSSR count). The first-order valence-electron chi connectivity index (χ1n) is 9.31. The third-order valence-electron chi connectivity index (χ3n) is 4.74. The second-order valence-corrected chi connectivity index (χ2v) is 7.08. The highest BCUT2D eigenvalue weighted by molar-refractivity contribution is 5.95. The lowest BCUT2D eigenvalue weighted by atomic mass is 10.1. The molecule has 2 aromatic rings. The van der Waals surface area contributed by atoms with Crippen LogP contribution >= 0.6 is 0 Å². The number of hydrogen-bond acceptors (Lipinski definition) is 4. The van der Waals surface area contributed by atoms with E-state index in [4.69, 9.17) is 9.47 Å². The van der Waals surface area contributed by atoms with Crippen LogP contribution in [0.25, 0.3) is 6.08 Å². The number of benzene rings is 2. The van der Waals surface area contributed by atoms with E-state index in [9.17, 15) is 9.59 Å². The van der Waals surface area contributed by atoms with Crippen molar-refractivity contribution >= 4 is 17.9 Å². The highest BCUT2D eigenvalue weighted by Gasteiger charge is 2.23. The molecule has 28 heavy (non-hydrogen) atoms. The highest BCUT2D eigenvalue weighted by atomic mass is 16.7. The summed E-state index contributed by atoms with van der Waals surface area (Å²) in [4.78, 5) is 26.0. The zero-order valence-electron chi connectivity index (χ0n) is 15.7. The Morgan fingerprint density at radius 1 is 1.11 bits per heavy atom. The van der Waals surface area contributed by atoms with Gasteiger partial charge in [0.25, 0.3) is 5.91 Å². The van der Waals surface area contributed by atoms with E-state index in [-0.39, 0.29) is 18.6 Å². The molecule has 2 amide bonds. The molecule has 2 aromatic carbocycles. The van der Waals surface area contributed by atoms with Crippen LogP contribution in [0.1, 0.15) is 34.3 Å². The number of amides is 2. The van der Waals surface area contributed by atoms with Crippen LogP contribution in [0.2, 0.25) is 0 Å². The van der Waals surface area contributed by atoms with Crippen LogP contribution in [0.15, 0.2) is 48.5 Å². The van der Waals surface area contributed by atoms with Crippen molar-refractivity contribution in [3.63, 3.8) is 0 Å². The van der Waals surface area contributed by atoms with E-state index in [0.717, 1.165) is 29.7 Å². The molecule has 2 aliphatic rings. The normalized spacial score (nSPS) is 14.9. The highest BCUT2D eigenvalue weighted by Crippen LogP contribution is 2.32. The van der Waals surface area contributed by atoms with Crippen LogP contribution in [0, 0.1) is 0 Å². The summed E-state index contributed by atoms with van der Waals surface area (Å²) in [5.74, 6) is 1.29. The summed E-state index contributed by atoms with van der Waals surface area (Å²) >= 11 is 0. The molecule has 0 aromatic heterocycles. The number of ether oxygens (including phenoxy) is 2. The van der Waals surface area contributed by atoms with Crippen LogP contribution in [-0.4, -0.2) is 36.6 Å². The minimum absolute atomic E-state index is 0.0439. The summed E-state index contributed by atoms with van der Waals surface area (Å²) in [6.07, 6.45) is 5.41. The predicted molar refractivity (Wildman–Crippen MR) is 105 cm³/mol. The maximum Gasteiger partial charge on any atom is 0.251 e. The molecule has 0 atom stereocenters. The summed E-state index contributed by atoms with van der Waals surface area (Å²) in [6.45, 7) is 0.706. The van der Waals surface area contributed by atoms with E-state index < -0.39 is 0 Å². The fourth-order valence-corrected chi connectivity index (χ4v) is 2.93. The summed E-state index contributed by atoms with van der Waals surface area (Å²) < 4.78 is 10.7. The van der Waals surface area contributed by atoms with E-state index >= 15 is 0 Å². The second-order valence-electron chi connectivity index (χ2n) is 7.08. The smallest absolute Gasteiger partial charge is 0.251 e. The SMILES string of the molecule is CN(Cc1ccc2c(c1)OCO2)C(=O)/C=C/c1ccc(C(=O)NC2CC2)cc1. The number of fused-ring (bicyclic) bond motifs is 1. The number of nitrogens with one attached hydrogen (secondary N) is 1. The third-order valence-corrected chi connectivity index (χ3v) is 4.74. The van der Waals surface area contributed by atoms with Crippen LogP contribution < -0.4 is 14.8 Å². The average Bonchev–Trinajstić information content (AvgIpc) is 3.39. The Kier molecular flexibility index (Phi) is 5.02. The van der Waals surface area contributed by atoms with E-state index in [1.54, 1.807) is 30.2 Å². The van der Waals surface area contributed by atoms with Crippen molar-refractivity contribution in [1.29, 1.82) is 0 Å². The predicted octanol–water partition coefficient (Wildman–Crippen LogP) is 2.98. The first-order valence-corrected chi connectivity index (χ1v) is 9.31. The molecular formula is C22H22N2O4. The van der Waals surface area contributed by atoms with Crippen molar-refractivity contribution in [2.45, 2.75) is 25.4 Å². The van der Waals surface area contributed by atoms with Gasteiger partial charge >= 0.3 is 0 Å². The molecule has 1 saturated carbocycles. The zero-order valence-corrected chi connectivity index (χ0v) is 15.7. The van der Waals surface area contributed by atoms with Crippen molar-refractivity contribution in [2.75, 3.05) is 13.8 Å². The summed E-state index contributed by atoms with van der Waals surface area (Å²) in [5.41, 5.74) is 2.47. The molecule has 1 fully saturated rings.